The number of amides is 2. The van der Waals surface area contributed by atoms with Crippen LogP contribution in [-0.4, -0.2) is 32.4 Å². The van der Waals surface area contributed by atoms with Gasteiger partial charge in [0.15, 0.2) is 0 Å². The van der Waals surface area contributed by atoms with Crippen LogP contribution < -0.4 is 10.6 Å². The molecule has 3 rings (SSSR count). The molecule has 3 aromatic rings. The summed E-state index contributed by atoms with van der Waals surface area (Å²) >= 11 is 5.89. The second kappa shape index (κ2) is 7.42. The fourth-order valence-electron chi connectivity index (χ4n) is 2.05. The van der Waals surface area contributed by atoms with E-state index in [9.17, 15) is 9.59 Å². The van der Waals surface area contributed by atoms with E-state index in [-0.39, 0.29) is 10.6 Å². The zero-order chi connectivity index (χ0) is 18.5. The molecule has 0 saturated carbocycles. The van der Waals surface area contributed by atoms with Gasteiger partial charge in [0.1, 0.15) is 6.07 Å². The maximum absolute atomic E-state index is 12.0. The van der Waals surface area contributed by atoms with Crippen molar-refractivity contribution in [1.82, 2.24) is 20.6 Å². The van der Waals surface area contributed by atoms with Crippen LogP contribution in [0.4, 0.5) is 11.4 Å². The number of nitrogens with one attached hydrogen (secondary N) is 3. The minimum absolute atomic E-state index is 0.183. The summed E-state index contributed by atoms with van der Waals surface area (Å²) in [6, 6.07) is 12.8. The van der Waals surface area contributed by atoms with Crippen LogP contribution in [-0.2, 0) is 9.59 Å². The maximum atomic E-state index is 12.0. The molecule has 0 aliphatic heterocycles. The molecule has 0 unspecified atom stereocenters. The summed E-state index contributed by atoms with van der Waals surface area (Å²) in [6.07, 6.45) is 0. The van der Waals surface area contributed by atoms with E-state index in [1.165, 1.54) is 18.2 Å². The predicted octanol–water partition coefficient (Wildman–Crippen LogP) is 1.97. The van der Waals surface area contributed by atoms with Gasteiger partial charge in [-0.2, -0.15) is 10.5 Å². The Hall–Kier alpha value is -3.77. The molecule has 10 heteroatoms. The molecule has 1 heterocycles. The number of halogens is 1. The third-order valence-electron chi connectivity index (χ3n) is 3.30. The van der Waals surface area contributed by atoms with E-state index in [1.54, 1.807) is 24.3 Å². The molecule has 26 heavy (non-hydrogen) atoms. The van der Waals surface area contributed by atoms with Gasteiger partial charge in [-0.25, -0.2) is 0 Å². The number of rotatable bonds is 3. The van der Waals surface area contributed by atoms with Crippen molar-refractivity contribution in [2.45, 2.75) is 0 Å². The second-order valence-corrected chi connectivity index (χ2v) is 5.43. The number of nitriles is 1. The molecule has 128 valence electrons. The van der Waals surface area contributed by atoms with Crippen molar-refractivity contribution < 1.29 is 9.59 Å². The molecule has 2 aromatic carbocycles. The number of H-pyrrole nitrogens is 1. The first-order valence-corrected chi connectivity index (χ1v) is 7.60. The molecule has 0 fully saturated rings. The molecule has 0 spiro atoms. The second-order valence-electron chi connectivity index (χ2n) is 5.03. The average molecular weight is 368 g/mol. The standard InChI is InChI=1S/C16H10ClN7O2/c17-13-7-12(6-3-10(13)8-18)20-16(26)15(25)19-11-4-1-9(2-5-11)14-21-23-24-22-14/h1-7H,(H,19,25)(H,20,26)(H,21,22,23,24). The number of nitrogens with zero attached hydrogens (tertiary/aromatic N) is 4. The highest BCUT2D eigenvalue weighted by molar-refractivity contribution is 6.43. The van der Waals surface area contributed by atoms with Crippen molar-refractivity contribution >= 4 is 34.8 Å². The maximum Gasteiger partial charge on any atom is 0.314 e. The lowest BCUT2D eigenvalue weighted by molar-refractivity contribution is -0.132. The first kappa shape index (κ1) is 17.1. The molecule has 0 atom stereocenters. The number of carbonyl (C=O) groups is 2. The highest BCUT2D eigenvalue weighted by atomic mass is 35.5. The summed E-state index contributed by atoms with van der Waals surface area (Å²) < 4.78 is 0. The Balaban J connectivity index is 1.63. The van der Waals surface area contributed by atoms with Crippen LogP contribution in [0.25, 0.3) is 11.4 Å². The molecular formula is C16H10ClN7O2. The van der Waals surface area contributed by atoms with Gasteiger partial charge in [-0.05, 0) is 47.7 Å². The van der Waals surface area contributed by atoms with Gasteiger partial charge < -0.3 is 10.6 Å². The van der Waals surface area contributed by atoms with Crippen molar-refractivity contribution in [2.75, 3.05) is 10.6 Å². The third kappa shape index (κ3) is 3.82. The van der Waals surface area contributed by atoms with Crippen molar-refractivity contribution in [1.29, 1.82) is 5.26 Å². The minimum atomic E-state index is -0.868. The lowest BCUT2D eigenvalue weighted by Gasteiger charge is -2.07. The van der Waals surface area contributed by atoms with E-state index in [4.69, 9.17) is 16.9 Å². The topological polar surface area (TPSA) is 136 Å². The molecule has 0 aliphatic carbocycles. The first-order valence-electron chi connectivity index (χ1n) is 7.22. The van der Waals surface area contributed by atoms with Gasteiger partial charge in [0.05, 0.1) is 10.6 Å². The van der Waals surface area contributed by atoms with Crippen LogP contribution in [0.5, 0.6) is 0 Å². The number of tetrazole rings is 1. The zero-order valence-electron chi connectivity index (χ0n) is 13.0. The van der Waals surface area contributed by atoms with E-state index >= 15 is 0 Å². The molecule has 0 saturated heterocycles. The third-order valence-corrected chi connectivity index (χ3v) is 3.61. The number of aromatic nitrogens is 4. The van der Waals surface area contributed by atoms with Gasteiger partial charge in [0.2, 0.25) is 5.82 Å². The largest absolute Gasteiger partial charge is 0.318 e. The van der Waals surface area contributed by atoms with Gasteiger partial charge in [-0.15, -0.1) is 10.2 Å². The lowest BCUT2D eigenvalue weighted by atomic mass is 10.2. The van der Waals surface area contributed by atoms with E-state index in [0.29, 0.717) is 22.8 Å². The van der Waals surface area contributed by atoms with Crippen LogP contribution in [0.15, 0.2) is 42.5 Å². The van der Waals surface area contributed by atoms with Crippen LogP contribution in [0.3, 0.4) is 0 Å². The van der Waals surface area contributed by atoms with Crippen molar-refractivity contribution in [3.63, 3.8) is 0 Å². The van der Waals surface area contributed by atoms with Crippen molar-refractivity contribution in [3.8, 4) is 17.5 Å². The quantitative estimate of drug-likeness (QED) is 0.605. The normalized spacial score (nSPS) is 10.0. The highest BCUT2D eigenvalue weighted by Crippen LogP contribution is 2.20. The Morgan fingerprint density at radius 2 is 1.69 bits per heavy atom. The summed E-state index contributed by atoms with van der Waals surface area (Å²) in [5, 5.41) is 27.4. The number of hydrogen-bond donors (Lipinski definition) is 3. The summed E-state index contributed by atoms with van der Waals surface area (Å²) in [4.78, 5) is 24.0. The van der Waals surface area contributed by atoms with Crippen LogP contribution >= 0.6 is 11.6 Å². The first-order chi connectivity index (χ1) is 12.6. The Bertz CT molecular complexity index is 994. The molecule has 0 bridgehead atoms. The number of aromatic amines is 1. The van der Waals surface area contributed by atoms with Gasteiger partial charge in [-0.1, -0.05) is 11.6 Å². The number of anilines is 2. The highest BCUT2D eigenvalue weighted by Gasteiger charge is 2.15. The smallest absolute Gasteiger partial charge is 0.314 e. The Morgan fingerprint density at radius 1 is 1.04 bits per heavy atom. The fourth-order valence-corrected chi connectivity index (χ4v) is 2.27. The number of hydrogen-bond acceptors (Lipinski definition) is 6. The zero-order valence-corrected chi connectivity index (χ0v) is 13.8. The van der Waals surface area contributed by atoms with Crippen molar-refractivity contribution in [2.24, 2.45) is 0 Å². The van der Waals surface area contributed by atoms with Gasteiger partial charge in [-0.3, -0.25) is 9.59 Å². The van der Waals surface area contributed by atoms with Gasteiger partial charge in [0, 0.05) is 16.9 Å². The Morgan fingerprint density at radius 3 is 2.27 bits per heavy atom. The van der Waals surface area contributed by atoms with Gasteiger partial charge >= 0.3 is 11.8 Å². The van der Waals surface area contributed by atoms with Crippen LogP contribution in [0, 0.1) is 11.3 Å². The molecule has 2 amide bonds. The molecular weight excluding hydrogens is 358 g/mol. The predicted molar refractivity (Wildman–Crippen MR) is 93.0 cm³/mol. The summed E-state index contributed by atoms with van der Waals surface area (Å²) in [7, 11) is 0. The monoisotopic (exact) mass is 367 g/mol. The Labute approximate surface area is 152 Å². The fraction of sp³-hybridized carbons (Fsp3) is 0. The SMILES string of the molecule is N#Cc1ccc(NC(=O)C(=O)Nc2ccc(-c3nn[nH]n3)cc2)cc1Cl. The van der Waals surface area contributed by atoms with Crippen LogP contribution in [0.2, 0.25) is 5.02 Å². The molecule has 0 aliphatic rings. The lowest BCUT2D eigenvalue weighted by Crippen LogP contribution is -2.29. The number of benzene rings is 2. The van der Waals surface area contributed by atoms with E-state index in [1.807, 2.05) is 6.07 Å². The van der Waals surface area contributed by atoms with Gasteiger partial charge in [0.25, 0.3) is 0 Å². The van der Waals surface area contributed by atoms with E-state index < -0.39 is 11.8 Å². The Kier molecular flexibility index (Phi) is 4.87. The summed E-state index contributed by atoms with van der Waals surface area (Å²) in [6.45, 7) is 0. The summed E-state index contributed by atoms with van der Waals surface area (Å²) in [5.74, 6) is -1.30. The van der Waals surface area contributed by atoms with E-state index in [0.717, 1.165) is 0 Å². The van der Waals surface area contributed by atoms with Crippen molar-refractivity contribution in [3.05, 3.63) is 53.1 Å². The average Bonchev–Trinajstić information content (AvgIpc) is 3.17. The summed E-state index contributed by atoms with van der Waals surface area (Å²) in [5.41, 5.74) is 1.71. The molecule has 0 radical (unpaired) electrons. The molecule has 9 nitrogen and oxygen atoms in total. The van der Waals surface area contributed by atoms with Crippen LogP contribution in [0.1, 0.15) is 5.56 Å². The molecule has 3 N–H and O–H groups in total. The van der Waals surface area contributed by atoms with E-state index in [2.05, 4.69) is 31.3 Å². The number of carbonyl (C=O) groups excluding carboxylic acids is 2. The molecule has 1 aromatic heterocycles. The minimum Gasteiger partial charge on any atom is -0.318 e.